The summed E-state index contributed by atoms with van der Waals surface area (Å²) in [4.78, 5) is 13.7. The van der Waals surface area contributed by atoms with Crippen LogP contribution >= 0.6 is 11.6 Å². The highest BCUT2D eigenvalue weighted by Crippen LogP contribution is 2.32. The van der Waals surface area contributed by atoms with Crippen molar-refractivity contribution < 1.29 is 8.78 Å². The normalized spacial score (nSPS) is 15.6. The van der Waals surface area contributed by atoms with E-state index in [9.17, 15) is 9.18 Å². The minimum Gasteiger partial charge on any atom is -0.310 e. The van der Waals surface area contributed by atoms with E-state index >= 15 is 4.39 Å². The van der Waals surface area contributed by atoms with E-state index in [4.69, 9.17) is 16.7 Å². The third-order valence-corrected chi connectivity index (χ3v) is 7.04. The van der Waals surface area contributed by atoms with Crippen molar-refractivity contribution in [3.63, 3.8) is 0 Å². The topological polar surface area (TPSA) is 74.6 Å². The third-order valence-electron chi connectivity index (χ3n) is 6.77. The molecule has 8 nitrogen and oxygen atoms in total. The fourth-order valence-corrected chi connectivity index (χ4v) is 5.20. The lowest BCUT2D eigenvalue weighted by atomic mass is 10.0. The summed E-state index contributed by atoms with van der Waals surface area (Å²) in [6.45, 7) is 4.35. The van der Waals surface area contributed by atoms with Crippen LogP contribution < -0.4 is 11.0 Å². The summed E-state index contributed by atoms with van der Waals surface area (Å²) < 4.78 is 35.6. The van der Waals surface area contributed by atoms with Crippen LogP contribution in [0.4, 0.5) is 8.78 Å². The van der Waals surface area contributed by atoms with Gasteiger partial charge in [0, 0.05) is 44.0 Å². The molecule has 1 N–H and O–H groups in total. The SMILES string of the molecule is Cc1cc(-n2nc3c(c2-n2ccn(-c4ccc5c(cnn5C)c4F)c2=O)[C@H](C)NCC3)cc(Cl)c1F. The van der Waals surface area contributed by atoms with E-state index < -0.39 is 17.3 Å². The first kappa shape index (κ1) is 22.7. The van der Waals surface area contributed by atoms with E-state index in [2.05, 4.69) is 10.4 Å². The number of fused-ring (bicyclic) bond motifs is 2. The molecule has 1 aliphatic rings. The Morgan fingerprint density at radius 2 is 1.92 bits per heavy atom. The predicted molar refractivity (Wildman–Crippen MR) is 133 cm³/mol. The van der Waals surface area contributed by atoms with E-state index in [1.165, 1.54) is 27.6 Å². The predicted octanol–water partition coefficient (Wildman–Crippen LogP) is 4.15. The quantitative estimate of drug-likeness (QED) is 0.396. The van der Waals surface area contributed by atoms with E-state index in [1.54, 1.807) is 47.7 Å². The maximum Gasteiger partial charge on any atom is 0.338 e. The summed E-state index contributed by atoms with van der Waals surface area (Å²) in [7, 11) is 1.73. The highest BCUT2D eigenvalue weighted by Gasteiger charge is 2.29. The number of imidazole rings is 1. The molecule has 0 saturated carbocycles. The molecule has 184 valence electrons. The molecule has 0 aliphatic carbocycles. The van der Waals surface area contributed by atoms with Gasteiger partial charge in [0.2, 0.25) is 0 Å². The molecule has 0 radical (unpaired) electrons. The van der Waals surface area contributed by atoms with Gasteiger partial charge in [-0.25, -0.2) is 18.3 Å². The van der Waals surface area contributed by atoms with Gasteiger partial charge in [0.05, 0.1) is 39.2 Å². The Hall–Kier alpha value is -3.76. The van der Waals surface area contributed by atoms with Gasteiger partial charge in [-0.3, -0.25) is 13.8 Å². The molecule has 0 spiro atoms. The zero-order chi connectivity index (χ0) is 25.3. The van der Waals surface area contributed by atoms with Crippen LogP contribution in [0.25, 0.3) is 28.1 Å². The van der Waals surface area contributed by atoms with Gasteiger partial charge in [0.15, 0.2) is 5.82 Å². The van der Waals surface area contributed by atoms with Crippen LogP contribution in [0.2, 0.25) is 5.02 Å². The van der Waals surface area contributed by atoms with Crippen molar-refractivity contribution in [2.24, 2.45) is 7.05 Å². The molecule has 2 aromatic carbocycles. The van der Waals surface area contributed by atoms with E-state index in [1.807, 2.05) is 6.92 Å². The largest absolute Gasteiger partial charge is 0.338 e. The highest BCUT2D eigenvalue weighted by molar-refractivity contribution is 6.31. The van der Waals surface area contributed by atoms with Crippen molar-refractivity contribution in [3.05, 3.63) is 86.8 Å². The Labute approximate surface area is 209 Å². The van der Waals surface area contributed by atoms with Gasteiger partial charge >= 0.3 is 5.69 Å². The Morgan fingerprint density at radius 1 is 1.14 bits per heavy atom. The molecule has 36 heavy (non-hydrogen) atoms. The molecule has 4 heterocycles. The molecule has 0 unspecified atom stereocenters. The monoisotopic (exact) mass is 509 g/mol. The second-order valence-electron chi connectivity index (χ2n) is 9.00. The highest BCUT2D eigenvalue weighted by atomic mass is 35.5. The van der Waals surface area contributed by atoms with Crippen LogP contribution in [-0.4, -0.2) is 35.2 Å². The number of aromatic nitrogens is 6. The fraction of sp³-hybridized carbons (Fsp3) is 0.240. The average molecular weight is 510 g/mol. The molecular weight excluding hydrogens is 488 g/mol. The van der Waals surface area contributed by atoms with Crippen molar-refractivity contribution >= 4 is 22.5 Å². The second kappa shape index (κ2) is 8.14. The van der Waals surface area contributed by atoms with E-state index in [0.29, 0.717) is 34.4 Å². The zero-order valence-corrected chi connectivity index (χ0v) is 20.5. The lowest BCUT2D eigenvalue weighted by Crippen LogP contribution is -2.30. The summed E-state index contributed by atoms with van der Waals surface area (Å²) in [6, 6.07) is 6.33. The maximum absolute atomic E-state index is 15.4. The van der Waals surface area contributed by atoms with Crippen LogP contribution in [0.5, 0.6) is 0 Å². The number of halogens is 3. The number of aryl methyl sites for hydroxylation is 2. The first-order chi connectivity index (χ1) is 17.3. The van der Waals surface area contributed by atoms with Crippen LogP contribution in [0.3, 0.4) is 0 Å². The minimum absolute atomic E-state index is 0.0349. The molecule has 0 amide bonds. The van der Waals surface area contributed by atoms with Gasteiger partial charge in [-0.1, -0.05) is 11.6 Å². The Morgan fingerprint density at radius 3 is 2.69 bits per heavy atom. The Kier molecular flexibility index (Phi) is 5.13. The number of nitrogens with one attached hydrogen (secondary N) is 1. The number of hydrogen-bond donors (Lipinski definition) is 1. The second-order valence-corrected chi connectivity index (χ2v) is 9.41. The van der Waals surface area contributed by atoms with Crippen LogP contribution in [0, 0.1) is 18.6 Å². The molecule has 1 atom stereocenters. The number of benzene rings is 2. The van der Waals surface area contributed by atoms with Gasteiger partial charge in [0.25, 0.3) is 0 Å². The van der Waals surface area contributed by atoms with Crippen molar-refractivity contribution in [1.29, 1.82) is 0 Å². The molecule has 0 bridgehead atoms. The smallest absolute Gasteiger partial charge is 0.310 e. The van der Waals surface area contributed by atoms with Gasteiger partial charge < -0.3 is 5.32 Å². The van der Waals surface area contributed by atoms with Crippen molar-refractivity contribution in [2.75, 3.05) is 6.54 Å². The van der Waals surface area contributed by atoms with Gasteiger partial charge in [0.1, 0.15) is 11.6 Å². The van der Waals surface area contributed by atoms with Crippen LogP contribution in [0.15, 0.2) is 47.7 Å². The summed E-state index contributed by atoms with van der Waals surface area (Å²) in [5.41, 5.74) is 2.84. The molecule has 6 rings (SSSR count). The molecule has 0 saturated heterocycles. The van der Waals surface area contributed by atoms with Gasteiger partial charge in [-0.2, -0.15) is 10.2 Å². The molecule has 11 heteroatoms. The molecule has 5 aromatic rings. The number of rotatable bonds is 3. The van der Waals surface area contributed by atoms with Gasteiger partial charge in [-0.05, 0) is 43.7 Å². The fourth-order valence-electron chi connectivity index (χ4n) is 4.94. The molecule has 0 fully saturated rings. The van der Waals surface area contributed by atoms with Gasteiger partial charge in [-0.15, -0.1) is 0 Å². The Bertz CT molecular complexity index is 1710. The third kappa shape index (κ3) is 3.25. The average Bonchev–Trinajstić information content (AvgIpc) is 3.53. The summed E-state index contributed by atoms with van der Waals surface area (Å²) in [6.07, 6.45) is 5.21. The molecule has 3 aromatic heterocycles. The lowest BCUT2D eigenvalue weighted by molar-refractivity contribution is 0.536. The number of hydrogen-bond acceptors (Lipinski definition) is 4. The summed E-state index contributed by atoms with van der Waals surface area (Å²) in [5, 5.41) is 12.6. The zero-order valence-electron chi connectivity index (χ0n) is 19.8. The van der Waals surface area contributed by atoms with Crippen molar-refractivity contribution in [3.8, 4) is 17.2 Å². The summed E-state index contributed by atoms with van der Waals surface area (Å²) in [5.74, 6) is -0.538. The number of nitrogens with zero attached hydrogens (tertiary/aromatic N) is 6. The van der Waals surface area contributed by atoms with E-state index in [-0.39, 0.29) is 16.8 Å². The molecular formula is C25H22ClF2N7O. The first-order valence-electron chi connectivity index (χ1n) is 11.5. The van der Waals surface area contributed by atoms with Crippen molar-refractivity contribution in [1.82, 2.24) is 34.0 Å². The molecule has 1 aliphatic heterocycles. The van der Waals surface area contributed by atoms with Crippen LogP contribution in [0.1, 0.15) is 29.8 Å². The van der Waals surface area contributed by atoms with Crippen molar-refractivity contribution in [2.45, 2.75) is 26.3 Å². The van der Waals surface area contributed by atoms with E-state index in [0.717, 1.165) is 17.8 Å². The minimum atomic E-state index is -0.535. The first-order valence-corrected chi connectivity index (χ1v) is 11.9. The van der Waals surface area contributed by atoms with Crippen LogP contribution in [-0.2, 0) is 13.5 Å². The Balaban J connectivity index is 1.59. The maximum atomic E-state index is 15.4. The standard InChI is InChI=1S/C25H22ClF2N7O/c1-13-10-15(11-17(26)22(13)27)35-24(21-14(2)29-7-6-18(21)31-35)34-9-8-33(25(34)36)20-5-4-19-16(23(20)28)12-30-32(19)3/h4-5,8-12,14,29H,6-7H2,1-3H3/t14-/m0/s1. The lowest BCUT2D eigenvalue weighted by Gasteiger charge is -2.21. The summed E-state index contributed by atoms with van der Waals surface area (Å²) >= 11 is 6.16.